The predicted octanol–water partition coefficient (Wildman–Crippen LogP) is 3.11. The average Bonchev–Trinajstić information content (AvgIpc) is 2.82. The van der Waals surface area contributed by atoms with Gasteiger partial charge in [-0.05, 0) is 19.1 Å². The van der Waals surface area contributed by atoms with Crippen LogP contribution in [0, 0.1) is 6.92 Å². The van der Waals surface area contributed by atoms with Gasteiger partial charge in [0.25, 0.3) is 0 Å². The maximum atomic E-state index is 11.7. The Bertz CT molecular complexity index is 605. The van der Waals surface area contributed by atoms with Crippen LogP contribution in [-0.4, -0.2) is 18.0 Å². The van der Waals surface area contributed by atoms with Gasteiger partial charge in [0.2, 0.25) is 5.91 Å². The van der Waals surface area contributed by atoms with Gasteiger partial charge in [-0.1, -0.05) is 18.2 Å². The summed E-state index contributed by atoms with van der Waals surface area (Å²) in [5.74, 6) is 0.525. The zero-order valence-corrected chi connectivity index (χ0v) is 11.5. The lowest BCUT2D eigenvalue weighted by Crippen LogP contribution is -2.07. The molecule has 0 atom stereocenters. The number of ether oxygens (including phenoxy) is 1. The third-order valence-corrected chi connectivity index (χ3v) is 3.23. The number of methoxy groups -OCH3 is 1. The Labute approximate surface area is 115 Å². The van der Waals surface area contributed by atoms with Crippen LogP contribution in [0.1, 0.15) is 10.4 Å². The molecular formula is C14H14N2O2S. The molecule has 1 amide bonds. The fourth-order valence-corrected chi connectivity index (χ4v) is 2.20. The molecule has 1 N–H and O–H groups in total. The van der Waals surface area contributed by atoms with Gasteiger partial charge in [0.15, 0.2) is 5.13 Å². The second-order valence-corrected chi connectivity index (χ2v) is 5.08. The Morgan fingerprint density at radius 1 is 1.42 bits per heavy atom. The summed E-state index contributed by atoms with van der Waals surface area (Å²) in [4.78, 5) is 16.9. The highest BCUT2D eigenvalue weighted by Gasteiger charge is 2.02. The van der Waals surface area contributed by atoms with E-state index in [0.717, 1.165) is 16.2 Å². The summed E-state index contributed by atoms with van der Waals surface area (Å²) in [5.41, 5.74) is 0.857. The van der Waals surface area contributed by atoms with Crippen molar-refractivity contribution in [3.63, 3.8) is 0 Å². The molecule has 0 spiro atoms. The fourth-order valence-electron chi connectivity index (χ4n) is 1.53. The van der Waals surface area contributed by atoms with E-state index in [1.165, 1.54) is 17.4 Å². The van der Waals surface area contributed by atoms with Crippen LogP contribution >= 0.6 is 11.3 Å². The summed E-state index contributed by atoms with van der Waals surface area (Å²) in [6.07, 6.45) is 4.91. The molecule has 2 rings (SSSR count). The van der Waals surface area contributed by atoms with Crippen LogP contribution in [0.5, 0.6) is 5.75 Å². The molecule has 5 heteroatoms. The molecule has 0 radical (unpaired) electrons. The van der Waals surface area contributed by atoms with Gasteiger partial charge in [-0.25, -0.2) is 4.98 Å². The van der Waals surface area contributed by atoms with Crippen molar-refractivity contribution in [3.8, 4) is 5.75 Å². The highest BCUT2D eigenvalue weighted by Crippen LogP contribution is 2.19. The van der Waals surface area contributed by atoms with Crippen molar-refractivity contribution in [2.45, 2.75) is 6.92 Å². The van der Waals surface area contributed by atoms with Crippen LogP contribution in [0.3, 0.4) is 0 Å². The van der Waals surface area contributed by atoms with E-state index < -0.39 is 0 Å². The van der Waals surface area contributed by atoms with Crippen molar-refractivity contribution in [3.05, 3.63) is 47.0 Å². The molecule has 19 heavy (non-hydrogen) atoms. The van der Waals surface area contributed by atoms with E-state index in [2.05, 4.69) is 10.3 Å². The summed E-state index contributed by atoms with van der Waals surface area (Å²) >= 11 is 1.44. The van der Waals surface area contributed by atoms with E-state index in [4.69, 9.17) is 4.74 Å². The third kappa shape index (κ3) is 3.66. The normalized spacial score (nSPS) is 10.6. The molecule has 0 aliphatic rings. The SMILES string of the molecule is COc1ccccc1/C=C/C(=O)Nc1ncc(C)s1. The largest absolute Gasteiger partial charge is 0.496 e. The van der Waals surface area contributed by atoms with Crippen molar-refractivity contribution in [2.75, 3.05) is 12.4 Å². The van der Waals surface area contributed by atoms with E-state index in [1.54, 1.807) is 19.4 Å². The summed E-state index contributed by atoms with van der Waals surface area (Å²) in [5, 5.41) is 3.32. The molecule has 1 aromatic heterocycles. The second-order valence-electron chi connectivity index (χ2n) is 3.84. The zero-order chi connectivity index (χ0) is 13.7. The number of benzene rings is 1. The Balaban J connectivity index is 2.04. The Kier molecular flexibility index (Phi) is 4.30. The first-order valence-electron chi connectivity index (χ1n) is 5.73. The molecule has 0 aliphatic heterocycles. The maximum Gasteiger partial charge on any atom is 0.250 e. The number of nitrogens with one attached hydrogen (secondary N) is 1. The second kappa shape index (κ2) is 6.15. The minimum atomic E-state index is -0.208. The lowest BCUT2D eigenvalue weighted by atomic mass is 10.2. The molecule has 1 aromatic carbocycles. The Morgan fingerprint density at radius 3 is 2.89 bits per heavy atom. The monoisotopic (exact) mass is 274 g/mol. The van der Waals surface area contributed by atoms with Gasteiger partial charge in [-0.15, -0.1) is 11.3 Å². The first-order valence-corrected chi connectivity index (χ1v) is 6.55. The van der Waals surface area contributed by atoms with Gasteiger partial charge < -0.3 is 4.74 Å². The zero-order valence-electron chi connectivity index (χ0n) is 10.7. The number of hydrogen-bond donors (Lipinski definition) is 1. The van der Waals surface area contributed by atoms with Crippen LogP contribution in [0.25, 0.3) is 6.08 Å². The number of nitrogens with zero attached hydrogens (tertiary/aromatic N) is 1. The number of aryl methyl sites for hydroxylation is 1. The molecule has 0 aliphatic carbocycles. The number of aromatic nitrogens is 1. The number of amides is 1. The highest BCUT2D eigenvalue weighted by atomic mass is 32.1. The van der Waals surface area contributed by atoms with Gasteiger partial charge in [0, 0.05) is 22.7 Å². The van der Waals surface area contributed by atoms with E-state index in [0.29, 0.717) is 5.13 Å². The highest BCUT2D eigenvalue weighted by molar-refractivity contribution is 7.15. The minimum absolute atomic E-state index is 0.208. The number of rotatable bonds is 4. The van der Waals surface area contributed by atoms with E-state index >= 15 is 0 Å². The number of carbonyl (C=O) groups excluding carboxylic acids is 1. The molecule has 0 unspecified atom stereocenters. The van der Waals surface area contributed by atoms with Gasteiger partial charge >= 0.3 is 0 Å². The number of carbonyl (C=O) groups is 1. The summed E-state index contributed by atoms with van der Waals surface area (Å²) in [6, 6.07) is 7.51. The summed E-state index contributed by atoms with van der Waals surface area (Å²) in [6.45, 7) is 1.94. The molecule has 0 fully saturated rings. The van der Waals surface area contributed by atoms with E-state index in [-0.39, 0.29) is 5.91 Å². The molecule has 1 heterocycles. The molecule has 0 saturated heterocycles. The summed E-state index contributed by atoms with van der Waals surface area (Å²) < 4.78 is 5.21. The Hall–Kier alpha value is -2.14. The van der Waals surface area contributed by atoms with Crippen LogP contribution in [0.2, 0.25) is 0 Å². The number of para-hydroxylation sites is 1. The smallest absolute Gasteiger partial charge is 0.250 e. The fraction of sp³-hybridized carbons (Fsp3) is 0.143. The predicted molar refractivity (Wildman–Crippen MR) is 77.5 cm³/mol. The van der Waals surface area contributed by atoms with Gasteiger partial charge in [0.1, 0.15) is 5.75 Å². The molecule has 4 nitrogen and oxygen atoms in total. The third-order valence-electron chi connectivity index (χ3n) is 2.40. The molecular weight excluding hydrogens is 260 g/mol. The molecule has 0 saturated carbocycles. The van der Waals surface area contributed by atoms with Gasteiger partial charge in [-0.2, -0.15) is 0 Å². The maximum absolute atomic E-state index is 11.7. The van der Waals surface area contributed by atoms with Crippen molar-refractivity contribution < 1.29 is 9.53 Å². The first-order chi connectivity index (χ1) is 9.19. The number of thiazole rings is 1. The van der Waals surface area contributed by atoms with Crippen molar-refractivity contribution in [2.24, 2.45) is 0 Å². The van der Waals surface area contributed by atoms with Gasteiger partial charge in [0.05, 0.1) is 7.11 Å². The molecule has 2 aromatic rings. The van der Waals surface area contributed by atoms with Crippen molar-refractivity contribution in [1.82, 2.24) is 4.98 Å². The quantitative estimate of drug-likeness (QED) is 0.871. The van der Waals surface area contributed by atoms with Crippen molar-refractivity contribution >= 4 is 28.5 Å². The topological polar surface area (TPSA) is 51.2 Å². The minimum Gasteiger partial charge on any atom is -0.496 e. The number of anilines is 1. The molecule has 98 valence electrons. The molecule has 0 bridgehead atoms. The van der Waals surface area contributed by atoms with E-state index in [1.807, 2.05) is 31.2 Å². The lowest BCUT2D eigenvalue weighted by molar-refractivity contribution is -0.111. The van der Waals surface area contributed by atoms with Crippen LogP contribution < -0.4 is 10.1 Å². The van der Waals surface area contributed by atoms with E-state index in [9.17, 15) is 4.79 Å². The lowest BCUT2D eigenvalue weighted by Gasteiger charge is -2.03. The van der Waals surface area contributed by atoms with Crippen molar-refractivity contribution in [1.29, 1.82) is 0 Å². The number of hydrogen-bond acceptors (Lipinski definition) is 4. The van der Waals surface area contributed by atoms with Crippen LogP contribution in [0.4, 0.5) is 5.13 Å². The van der Waals surface area contributed by atoms with Crippen LogP contribution in [0.15, 0.2) is 36.5 Å². The first kappa shape index (κ1) is 13.3. The standard InChI is InChI=1S/C14H14N2O2S/c1-10-9-15-14(19-10)16-13(17)8-7-11-5-3-4-6-12(11)18-2/h3-9H,1-2H3,(H,15,16,17)/b8-7+. The van der Waals surface area contributed by atoms with Crippen LogP contribution in [-0.2, 0) is 4.79 Å². The summed E-state index contributed by atoms with van der Waals surface area (Å²) in [7, 11) is 1.60. The Morgan fingerprint density at radius 2 is 2.21 bits per heavy atom. The van der Waals surface area contributed by atoms with Gasteiger partial charge in [-0.3, -0.25) is 10.1 Å². The average molecular weight is 274 g/mol.